The lowest BCUT2D eigenvalue weighted by atomic mass is 9.88. The number of pyridine rings is 2. The molecule has 1 N–H and O–H groups in total. The topological polar surface area (TPSA) is 50.3 Å². The minimum atomic E-state index is -0.316. The lowest BCUT2D eigenvalue weighted by molar-refractivity contribution is -0.0535. The lowest BCUT2D eigenvalue weighted by Crippen LogP contribution is -2.47. The summed E-state index contributed by atoms with van der Waals surface area (Å²) < 4.78 is 20.0. The first kappa shape index (κ1) is 16.4. The molecule has 2 aromatic heterocycles. The third kappa shape index (κ3) is 3.80. The van der Waals surface area contributed by atoms with Crippen molar-refractivity contribution in [3.05, 3.63) is 54.2 Å². The van der Waals surface area contributed by atoms with Crippen LogP contribution in [0.25, 0.3) is 0 Å². The molecule has 1 spiro atoms. The van der Waals surface area contributed by atoms with E-state index in [0.717, 1.165) is 44.6 Å². The van der Waals surface area contributed by atoms with Gasteiger partial charge in [0.2, 0.25) is 0 Å². The fourth-order valence-corrected chi connectivity index (χ4v) is 3.95. The van der Waals surface area contributed by atoms with Gasteiger partial charge < -0.3 is 10.1 Å². The van der Waals surface area contributed by atoms with Gasteiger partial charge in [-0.2, -0.15) is 0 Å². The maximum Gasteiger partial charge on any atom is 0.165 e. The van der Waals surface area contributed by atoms with Crippen molar-refractivity contribution in [1.82, 2.24) is 14.9 Å². The number of halogens is 1. The normalized spacial score (nSPS) is 26.8. The summed E-state index contributed by atoms with van der Waals surface area (Å²) in [5, 5.41) is 3.20. The summed E-state index contributed by atoms with van der Waals surface area (Å²) in [5.41, 5.74) is 0.943. The summed E-state index contributed by atoms with van der Waals surface area (Å²) in [5.74, 6) is -0.00169. The van der Waals surface area contributed by atoms with Gasteiger partial charge in [0.05, 0.1) is 23.9 Å². The molecule has 2 aromatic rings. The highest BCUT2D eigenvalue weighted by Gasteiger charge is 2.43. The summed E-state index contributed by atoms with van der Waals surface area (Å²) in [7, 11) is 0. The molecule has 2 fully saturated rings. The number of piperidine rings is 1. The number of anilines is 1. The van der Waals surface area contributed by atoms with Gasteiger partial charge in [-0.05, 0) is 43.7 Å². The van der Waals surface area contributed by atoms with E-state index < -0.39 is 0 Å². The van der Waals surface area contributed by atoms with E-state index >= 15 is 0 Å². The quantitative estimate of drug-likeness (QED) is 0.926. The highest BCUT2D eigenvalue weighted by Crippen LogP contribution is 2.36. The van der Waals surface area contributed by atoms with Gasteiger partial charge in [-0.1, -0.05) is 6.07 Å². The first-order valence-corrected chi connectivity index (χ1v) is 8.86. The van der Waals surface area contributed by atoms with Crippen molar-refractivity contribution in [2.24, 2.45) is 0 Å². The number of rotatable bonds is 4. The second kappa shape index (κ2) is 7.06. The van der Waals surface area contributed by atoms with Crippen molar-refractivity contribution in [1.29, 1.82) is 0 Å². The molecule has 25 heavy (non-hydrogen) atoms. The molecule has 132 valence electrons. The Morgan fingerprint density at radius 2 is 2.16 bits per heavy atom. The molecule has 0 aliphatic carbocycles. The standard InChI is InChI=1S/C19H23FN4O/c20-17-6-3-9-22-18(17)23-16-11-19(25-13-16)7-4-10-24(14-19)12-15-5-1-2-8-21-15/h1-3,5-6,8-9,16H,4,7,10-14H2,(H,22,23)/t16-,19-/m0/s1. The van der Waals surface area contributed by atoms with Gasteiger partial charge in [0.15, 0.2) is 11.6 Å². The molecular weight excluding hydrogens is 319 g/mol. The van der Waals surface area contributed by atoms with Crippen molar-refractivity contribution in [2.75, 3.05) is 25.0 Å². The third-order valence-corrected chi connectivity index (χ3v) is 5.04. The zero-order valence-corrected chi connectivity index (χ0v) is 14.2. The smallest absolute Gasteiger partial charge is 0.165 e. The summed E-state index contributed by atoms with van der Waals surface area (Å²) in [6.45, 7) is 3.40. The highest BCUT2D eigenvalue weighted by molar-refractivity contribution is 5.37. The maximum atomic E-state index is 13.8. The van der Waals surface area contributed by atoms with Gasteiger partial charge in [0.1, 0.15) is 0 Å². The number of aromatic nitrogens is 2. The highest BCUT2D eigenvalue weighted by atomic mass is 19.1. The first-order valence-electron chi connectivity index (χ1n) is 8.86. The maximum absolute atomic E-state index is 13.8. The van der Waals surface area contributed by atoms with Gasteiger partial charge in [0.25, 0.3) is 0 Å². The van der Waals surface area contributed by atoms with Crippen molar-refractivity contribution < 1.29 is 9.13 Å². The number of ether oxygens (including phenoxy) is 1. The van der Waals surface area contributed by atoms with Crippen LogP contribution in [-0.2, 0) is 11.3 Å². The van der Waals surface area contributed by atoms with Crippen molar-refractivity contribution >= 4 is 5.82 Å². The molecule has 0 saturated carbocycles. The van der Waals surface area contributed by atoms with Crippen LogP contribution in [0.15, 0.2) is 42.7 Å². The van der Waals surface area contributed by atoms with E-state index in [9.17, 15) is 4.39 Å². The van der Waals surface area contributed by atoms with E-state index in [1.165, 1.54) is 6.07 Å². The number of hydrogen-bond acceptors (Lipinski definition) is 5. The van der Waals surface area contributed by atoms with Crippen LogP contribution in [0.4, 0.5) is 10.2 Å². The zero-order chi connectivity index (χ0) is 17.1. The Balaban J connectivity index is 1.38. The molecular formula is C19H23FN4O. The molecule has 2 atom stereocenters. The Labute approximate surface area is 147 Å². The number of nitrogens with zero attached hydrogens (tertiary/aromatic N) is 3. The van der Waals surface area contributed by atoms with Crippen LogP contribution in [0.2, 0.25) is 0 Å². The van der Waals surface area contributed by atoms with Gasteiger partial charge in [-0.25, -0.2) is 9.37 Å². The predicted molar refractivity (Wildman–Crippen MR) is 93.7 cm³/mol. The van der Waals surface area contributed by atoms with E-state index in [2.05, 4.69) is 26.3 Å². The van der Waals surface area contributed by atoms with E-state index in [4.69, 9.17) is 4.74 Å². The van der Waals surface area contributed by atoms with Crippen LogP contribution >= 0.6 is 0 Å². The Kier molecular flexibility index (Phi) is 4.63. The van der Waals surface area contributed by atoms with E-state index in [1.54, 1.807) is 12.3 Å². The Bertz CT molecular complexity index is 714. The molecule has 2 saturated heterocycles. The van der Waals surface area contributed by atoms with Crippen LogP contribution in [0, 0.1) is 5.82 Å². The zero-order valence-electron chi connectivity index (χ0n) is 14.2. The minimum absolute atomic E-state index is 0.0965. The molecule has 0 aromatic carbocycles. The summed E-state index contributed by atoms with van der Waals surface area (Å²) >= 11 is 0. The van der Waals surface area contributed by atoms with Crippen molar-refractivity contribution in [2.45, 2.75) is 37.5 Å². The number of hydrogen-bond donors (Lipinski definition) is 1. The third-order valence-electron chi connectivity index (χ3n) is 5.04. The fourth-order valence-electron chi connectivity index (χ4n) is 3.95. The van der Waals surface area contributed by atoms with Crippen molar-refractivity contribution in [3.63, 3.8) is 0 Å². The molecule has 0 unspecified atom stereocenters. The van der Waals surface area contributed by atoms with Gasteiger partial charge in [0, 0.05) is 31.9 Å². The SMILES string of the molecule is Fc1cccnc1N[C@@H]1CO[C@@]2(CCCN(Cc3ccccn3)C2)C1. The van der Waals surface area contributed by atoms with Crippen LogP contribution in [-0.4, -0.2) is 46.2 Å². The Hall–Kier alpha value is -2.05. The second-order valence-electron chi connectivity index (χ2n) is 7.01. The van der Waals surface area contributed by atoms with Gasteiger partial charge >= 0.3 is 0 Å². The Morgan fingerprint density at radius 1 is 1.24 bits per heavy atom. The summed E-state index contributed by atoms with van der Waals surface area (Å²) in [6.07, 6.45) is 6.47. The number of likely N-dealkylation sites (tertiary alicyclic amines) is 1. The van der Waals surface area contributed by atoms with Crippen molar-refractivity contribution in [3.8, 4) is 0 Å². The lowest BCUT2D eigenvalue weighted by Gasteiger charge is -2.39. The van der Waals surface area contributed by atoms with E-state index in [-0.39, 0.29) is 17.5 Å². The summed E-state index contributed by atoms with van der Waals surface area (Å²) in [6, 6.07) is 9.15. The molecule has 0 radical (unpaired) electrons. The molecule has 4 heterocycles. The number of nitrogens with one attached hydrogen (secondary N) is 1. The monoisotopic (exact) mass is 342 g/mol. The Morgan fingerprint density at radius 3 is 3.00 bits per heavy atom. The van der Waals surface area contributed by atoms with E-state index in [1.807, 2.05) is 18.3 Å². The molecule has 6 heteroatoms. The molecule has 0 bridgehead atoms. The summed E-state index contributed by atoms with van der Waals surface area (Å²) in [4.78, 5) is 10.9. The van der Waals surface area contributed by atoms with Gasteiger partial charge in [-0.3, -0.25) is 9.88 Å². The van der Waals surface area contributed by atoms with Crippen LogP contribution in [0.5, 0.6) is 0 Å². The molecule has 4 rings (SSSR count). The average molecular weight is 342 g/mol. The van der Waals surface area contributed by atoms with Crippen LogP contribution in [0.3, 0.4) is 0 Å². The van der Waals surface area contributed by atoms with Crippen LogP contribution in [0.1, 0.15) is 25.0 Å². The molecule has 5 nitrogen and oxygen atoms in total. The van der Waals surface area contributed by atoms with Crippen LogP contribution < -0.4 is 5.32 Å². The molecule has 2 aliphatic heterocycles. The fraction of sp³-hybridized carbons (Fsp3) is 0.474. The first-order chi connectivity index (χ1) is 12.2. The van der Waals surface area contributed by atoms with Gasteiger partial charge in [-0.15, -0.1) is 0 Å². The minimum Gasteiger partial charge on any atom is -0.371 e. The second-order valence-corrected chi connectivity index (χ2v) is 7.01. The largest absolute Gasteiger partial charge is 0.371 e. The molecule has 0 amide bonds. The van der Waals surface area contributed by atoms with E-state index in [0.29, 0.717) is 12.4 Å². The average Bonchev–Trinajstić information content (AvgIpc) is 3.00. The predicted octanol–water partition coefficient (Wildman–Crippen LogP) is 2.85. The molecule has 2 aliphatic rings.